The molecule has 4 heteroatoms. The first-order valence-corrected chi connectivity index (χ1v) is 6.84. The molecule has 0 unspecified atom stereocenters. The molecule has 1 N–H and O–H groups in total. The van der Waals surface area contributed by atoms with Gasteiger partial charge in [0.05, 0.1) is 12.3 Å². The zero-order valence-corrected chi connectivity index (χ0v) is 12.1. The molecule has 0 bridgehead atoms. The third-order valence-electron chi connectivity index (χ3n) is 3.04. The van der Waals surface area contributed by atoms with Crippen molar-refractivity contribution in [2.24, 2.45) is 0 Å². The zero-order chi connectivity index (χ0) is 14.2. The third kappa shape index (κ3) is 4.72. The highest BCUT2D eigenvalue weighted by Gasteiger charge is 2.01. The maximum atomic E-state index is 5.00. The fraction of sp³-hybridized carbons (Fsp3) is 0.375. The minimum atomic E-state index is 0.710. The van der Waals surface area contributed by atoms with Gasteiger partial charge in [0.2, 0.25) is 0 Å². The van der Waals surface area contributed by atoms with Gasteiger partial charge in [-0.2, -0.15) is 0 Å². The van der Waals surface area contributed by atoms with Crippen LogP contribution in [0.3, 0.4) is 0 Å². The highest BCUT2D eigenvalue weighted by Crippen LogP contribution is 2.07. The average molecular weight is 271 g/mol. The number of nitrogens with one attached hydrogen (secondary N) is 1. The summed E-state index contributed by atoms with van der Waals surface area (Å²) in [6, 6.07) is 10.4. The highest BCUT2D eigenvalue weighted by molar-refractivity contribution is 5.24. The molecule has 20 heavy (non-hydrogen) atoms. The van der Waals surface area contributed by atoms with E-state index in [1.807, 2.05) is 12.3 Å². The van der Waals surface area contributed by atoms with E-state index in [1.165, 1.54) is 11.1 Å². The SMILES string of the molecule is COCCNCc1ccnc(Cc2ccc(C)cc2)n1. The van der Waals surface area contributed by atoms with Crippen molar-refractivity contribution in [3.05, 3.63) is 59.2 Å². The number of aromatic nitrogens is 2. The minimum absolute atomic E-state index is 0.710. The molecule has 2 rings (SSSR count). The Labute approximate surface area is 120 Å². The van der Waals surface area contributed by atoms with E-state index in [0.717, 1.165) is 31.0 Å². The summed E-state index contributed by atoms with van der Waals surface area (Å²) < 4.78 is 5.00. The van der Waals surface area contributed by atoms with Crippen LogP contribution in [0.15, 0.2) is 36.5 Å². The Morgan fingerprint density at radius 2 is 1.95 bits per heavy atom. The van der Waals surface area contributed by atoms with Crippen LogP contribution in [0.5, 0.6) is 0 Å². The highest BCUT2D eigenvalue weighted by atomic mass is 16.5. The molecule has 4 nitrogen and oxygen atoms in total. The summed E-state index contributed by atoms with van der Waals surface area (Å²) in [7, 11) is 1.70. The van der Waals surface area contributed by atoms with Gasteiger partial charge in [-0.25, -0.2) is 9.97 Å². The maximum absolute atomic E-state index is 5.00. The van der Waals surface area contributed by atoms with Crippen molar-refractivity contribution >= 4 is 0 Å². The molecule has 0 radical (unpaired) electrons. The quantitative estimate of drug-likeness (QED) is 0.784. The summed E-state index contributed by atoms with van der Waals surface area (Å²) in [5, 5.41) is 3.29. The molecule has 0 spiro atoms. The number of ether oxygens (including phenoxy) is 1. The summed E-state index contributed by atoms with van der Waals surface area (Å²) in [6.07, 6.45) is 2.59. The van der Waals surface area contributed by atoms with E-state index in [0.29, 0.717) is 6.61 Å². The Morgan fingerprint density at radius 3 is 2.70 bits per heavy atom. The van der Waals surface area contributed by atoms with Gasteiger partial charge in [0.25, 0.3) is 0 Å². The van der Waals surface area contributed by atoms with E-state index in [9.17, 15) is 0 Å². The van der Waals surface area contributed by atoms with Crippen molar-refractivity contribution in [1.82, 2.24) is 15.3 Å². The largest absolute Gasteiger partial charge is 0.383 e. The first-order valence-electron chi connectivity index (χ1n) is 6.84. The first kappa shape index (κ1) is 14.6. The van der Waals surface area contributed by atoms with Gasteiger partial charge in [-0.15, -0.1) is 0 Å². The van der Waals surface area contributed by atoms with Crippen LogP contribution in [0.1, 0.15) is 22.6 Å². The fourth-order valence-electron chi connectivity index (χ4n) is 1.90. The zero-order valence-electron chi connectivity index (χ0n) is 12.1. The Kier molecular flexibility index (Phi) is 5.65. The van der Waals surface area contributed by atoms with Crippen molar-refractivity contribution in [3.63, 3.8) is 0 Å². The Balaban J connectivity index is 1.93. The van der Waals surface area contributed by atoms with Gasteiger partial charge in [-0.05, 0) is 18.6 Å². The van der Waals surface area contributed by atoms with Gasteiger partial charge in [0.15, 0.2) is 0 Å². The second kappa shape index (κ2) is 7.72. The normalized spacial score (nSPS) is 10.7. The van der Waals surface area contributed by atoms with Crippen LogP contribution in [0.4, 0.5) is 0 Å². The van der Waals surface area contributed by atoms with Crippen LogP contribution in [0, 0.1) is 6.92 Å². The lowest BCUT2D eigenvalue weighted by molar-refractivity contribution is 0.199. The van der Waals surface area contributed by atoms with Gasteiger partial charge in [0.1, 0.15) is 5.82 Å². The van der Waals surface area contributed by atoms with Gasteiger partial charge >= 0.3 is 0 Å². The summed E-state index contributed by atoms with van der Waals surface area (Å²) >= 11 is 0. The second-order valence-electron chi connectivity index (χ2n) is 4.80. The average Bonchev–Trinajstić information content (AvgIpc) is 2.47. The Hall–Kier alpha value is -1.78. The number of rotatable bonds is 7. The van der Waals surface area contributed by atoms with Crippen molar-refractivity contribution in [1.29, 1.82) is 0 Å². The maximum Gasteiger partial charge on any atom is 0.132 e. The molecule has 0 atom stereocenters. The smallest absolute Gasteiger partial charge is 0.132 e. The molecular formula is C16H21N3O. The topological polar surface area (TPSA) is 47.0 Å². The van der Waals surface area contributed by atoms with Gasteiger partial charge in [-0.1, -0.05) is 29.8 Å². The summed E-state index contributed by atoms with van der Waals surface area (Å²) in [6.45, 7) is 4.37. The van der Waals surface area contributed by atoms with Crippen LogP contribution >= 0.6 is 0 Å². The summed E-state index contributed by atoms with van der Waals surface area (Å²) in [4.78, 5) is 8.91. The lowest BCUT2D eigenvalue weighted by Gasteiger charge is -2.06. The van der Waals surface area contributed by atoms with Crippen LogP contribution in [0.25, 0.3) is 0 Å². The van der Waals surface area contributed by atoms with Gasteiger partial charge in [-0.3, -0.25) is 0 Å². The van der Waals surface area contributed by atoms with Crippen LogP contribution in [0.2, 0.25) is 0 Å². The number of hydrogen-bond acceptors (Lipinski definition) is 4. The summed E-state index contributed by atoms with van der Waals surface area (Å²) in [5.74, 6) is 0.861. The van der Waals surface area contributed by atoms with Crippen molar-refractivity contribution < 1.29 is 4.74 Å². The molecule has 0 fully saturated rings. The number of methoxy groups -OCH3 is 1. The fourth-order valence-corrected chi connectivity index (χ4v) is 1.90. The molecule has 1 aromatic heterocycles. The molecule has 2 aromatic rings. The third-order valence-corrected chi connectivity index (χ3v) is 3.04. The van der Waals surface area contributed by atoms with E-state index in [2.05, 4.69) is 46.5 Å². The monoisotopic (exact) mass is 271 g/mol. The van der Waals surface area contributed by atoms with E-state index in [-0.39, 0.29) is 0 Å². The molecule has 0 saturated heterocycles. The van der Waals surface area contributed by atoms with Crippen LogP contribution in [-0.4, -0.2) is 30.2 Å². The van der Waals surface area contributed by atoms with Crippen molar-refractivity contribution in [3.8, 4) is 0 Å². The number of aryl methyl sites for hydroxylation is 1. The number of benzene rings is 1. The molecule has 0 aliphatic rings. The molecule has 0 amide bonds. The summed E-state index contributed by atoms with van der Waals surface area (Å²) in [5.41, 5.74) is 3.52. The first-order chi connectivity index (χ1) is 9.78. The Morgan fingerprint density at radius 1 is 1.15 bits per heavy atom. The van der Waals surface area contributed by atoms with E-state index in [4.69, 9.17) is 4.74 Å². The van der Waals surface area contributed by atoms with Crippen LogP contribution in [-0.2, 0) is 17.7 Å². The minimum Gasteiger partial charge on any atom is -0.383 e. The number of nitrogens with zero attached hydrogens (tertiary/aromatic N) is 2. The second-order valence-corrected chi connectivity index (χ2v) is 4.80. The van der Waals surface area contributed by atoms with E-state index >= 15 is 0 Å². The molecule has 1 heterocycles. The molecule has 0 saturated carbocycles. The van der Waals surface area contributed by atoms with Gasteiger partial charge < -0.3 is 10.1 Å². The standard InChI is InChI=1S/C16H21N3O/c1-13-3-5-14(6-4-13)11-16-18-8-7-15(19-16)12-17-9-10-20-2/h3-8,17H,9-12H2,1-2H3. The molecule has 1 aromatic carbocycles. The van der Waals surface area contributed by atoms with Crippen LogP contribution < -0.4 is 5.32 Å². The Bertz CT molecular complexity index is 526. The lowest BCUT2D eigenvalue weighted by atomic mass is 10.1. The molecule has 0 aliphatic heterocycles. The van der Waals surface area contributed by atoms with Crippen molar-refractivity contribution in [2.45, 2.75) is 19.9 Å². The number of hydrogen-bond donors (Lipinski definition) is 1. The predicted molar refractivity (Wildman–Crippen MR) is 79.6 cm³/mol. The molecule has 0 aliphatic carbocycles. The molecule has 106 valence electrons. The van der Waals surface area contributed by atoms with E-state index in [1.54, 1.807) is 7.11 Å². The lowest BCUT2D eigenvalue weighted by Crippen LogP contribution is -2.19. The predicted octanol–water partition coefficient (Wildman–Crippen LogP) is 2.11. The van der Waals surface area contributed by atoms with Gasteiger partial charge in [0, 0.05) is 32.8 Å². The van der Waals surface area contributed by atoms with E-state index < -0.39 is 0 Å². The van der Waals surface area contributed by atoms with Crippen molar-refractivity contribution in [2.75, 3.05) is 20.3 Å². The molecular weight excluding hydrogens is 250 g/mol.